The van der Waals surface area contributed by atoms with Crippen molar-refractivity contribution in [3.05, 3.63) is 55.8 Å². The van der Waals surface area contributed by atoms with Gasteiger partial charge in [-0.05, 0) is 24.3 Å². The standard InChI is InChI=1S/C10H8BrN3O4S/c11-6-1-3-7(4-2-6)14-19(17,18)8-5-12-10(16)13-9(8)15/h1-5,14H,(H2,12,13,15,16). The molecule has 0 saturated carbocycles. The highest BCUT2D eigenvalue weighted by molar-refractivity contribution is 9.10. The molecular formula is C10H8BrN3O4S. The molecule has 0 spiro atoms. The van der Waals surface area contributed by atoms with Gasteiger partial charge in [-0.1, -0.05) is 15.9 Å². The predicted molar refractivity (Wildman–Crippen MR) is 72.6 cm³/mol. The van der Waals surface area contributed by atoms with Crippen molar-refractivity contribution in [1.82, 2.24) is 9.97 Å². The third-order valence-corrected chi connectivity index (χ3v) is 4.09. The summed E-state index contributed by atoms with van der Waals surface area (Å²) in [5.74, 6) is 0. The van der Waals surface area contributed by atoms with Gasteiger partial charge >= 0.3 is 5.69 Å². The zero-order valence-electron chi connectivity index (χ0n) is 9.31. The molecule has 2 rings (SSSR count). The van der Waals surface area contributed by atoms with Crippen LogP contribution in [0.2, 0.25) is 0 Å². The maximum Gasteiger partial charge on any atom is 0.325 e. The lowest BCUT2D eigenvalue weighted by atomic mass is 10.3. The first-order valence-corrected chi connectivity index (χ1v) is 7.26. The Labute approximate surface area is 115 Å². The molecule has 0 saturated heterocycles. The Morgan fingerprint density at radius 1 is 1.11 bits per heavy atom. The fraction of sp³-hybridized carbons (Fsp3) is 0. The molecule has 0 bridgehead atoms. The van der Waals surface area contributed by atoms with Crippen LogP contribution in [0.3, 0.4) is 0 Å². The molecule has 2 aromatic rings. The van der Waals surface area contributed by atoms with Gasteiger partial charge in [0.15, 0.2) is 4.90 Å². The lowest BCUT2D eigenvalue weighted by Crippen LogP contribution is -2.29. The van der Waals surface area contributed by atoms with E-state index in [1.54, 1.807) is 12.1 Å². The number of aromatic nitrogens is 2. The van der Waals surface area contributed by atoms with E-state index in [2.05, 4.69) is 25.6 Å². The van der Waals surface area contributed by atoms with Crippen LogP contribution >= 0.6 is 15.9 Å². The quantitative estimate of drug-likeness (QED) is 0.757. The van der Waals surface area contributed by atoms with Gasteiger partial charge < -0.3 is 4.98 Å². The number of anilines is 1. The number of benzene rings is 1. The maximum atomic E-state index is 12.0. The second-order valence-electron chi connectivity index (χ2n) is 3.55. The van der Waals surface area contributed by atoms with Gasteiger partial charge in [0.05, 0.1) is 0 Å². The second-order valence-corrected chi connectivity index (χ2v) is 6.12. The molecule has 100 valence electrons. The van der Waals surface area contributed by atoms with E-state index in [0.717, 1.165) is 10.7 Å². The number of sulfonamides is 1. The molecular weight excluding hydrogens is 338 g/mol. The molecule has 0 aliphatic rings. The molecule has 0 radical (unpaired) electrons. The molecule has 1 aromatic heterocycles. The Bertz CT molecular complexity index is 808. The molecule has 7 nitrogen and oxygen atoms in total. The van der Waals surface area contributed by atoms with Crippen LogP contribution < -0.4 is 16.0 Å². The summed E-state index contributed by atoms with van der Waals surface area (Å²) < 4.78 is 26.9. The first kappa shape index (κ1) is 13.6. The van der Waals surface area contributed by atoms with Crippen LogP contribution in [0.5, 0.6) is 0 Å². The first-order chi connectivity index (χ1) is 8.88. The van der Waals surface area contributed by atoms with E-state index in [0.29, 0.717) is 5.69 Å². The maximum absolute atomic E-state index is 12.0. The Morgan fingerprint density at radius 3 is 2.32 bits per heavy atom. The van der Waals surface area contributed by atoms with E-state index in [-0.39, 0.29) is 0 Å². The number of H-pyrrole nitrogens is 2. The van der Waals surface area contributed by atoms with Crippen molar-refractivity contribution in [2.75, 3.05) is 4.72 Å². The molecule has 1 aromatic carbocycles. The molecule has 0 fully saturated rings. The van der Waals surface area contributed by atoms with E-state index >= 15 is 0 Å². The van der Waals surface area contributed by atoms with Crippen LogP contribution in [-0.4, -0.2) is 18.4 Å². The molecule has 0 aliphatic heterocycles. The second kappa shape index (κ2) is 5.02. The summed E-state index contributed by atoms with van der Waals surface area (Å²) in [6.45, 7) is 0. The zero-order valence-corrected chi connectivity index (χ0v) is 11.7. The highest BCUT2D eigenvalue weighted by Crippen LogP contribution is 2.16. The molecule has 0 atom stereocenters. The summed E-state index contributed by atoms with van der Waals surface area (Å²) in [6, 6.07) is 6.35. The lowest BCUT2D eigenvalue weighted by Gasteiger charge is -2.06. The third kappa shape index (κ3) is 3.12. The fourth-order valence-electron chi connectivity index (χ4n) is 1.33. The first-order valence-electron chi connectivity index (χ1n) is 4.99. The average Bonchev–Trinajstić information content (AvgIpc) is 2.31. The van der Waals surface area contributed by atoms with Crippen molar-refractivity contribution in [2.45, 2.75) is 4.90 Å². The van der Waals surface area contributed by atoms with Gasteiger partial charge in [-0.2, -0.15) is 0 Å². The highest BCUT2D eigenvalue weighted by atomic mass is 79.9. The number of halogens is 1. The van der Waals surface area contributed by atoms with Crippen molar-refractivity contribution in [1.29, 1.82) is 0 Å². The van der Waals surface area contributed by atoms with Crippen molar-refractivity contribution in [2.24, 2.45) is 0 Å². The van der Waals surface area contributed by atoms with Gasteiger partial charge in [0, 0.05) is 16.4 Å². The smallest absolute Gasteiger partial charge is 0.313 e. The van der Waals surface area contributed by atoms with Crippen molar-refractivity contribution < 1.29 is 8.42 Å². The Morgan fingerprint density at radius 2 is 1.74 bits per heavy atom. The van der Waals surface area contributed by atoms with Crippen LogP contribution in [0.15, 0.2) is 49.4 Å². The summed E-state index contributed by atoms with van der Waals surface area (Å²) in [7, 11) is -4.05. The molecule has 1 heterocycles. The van der Waals surface area contributed by atoms with E-state index in [9.17, 15) is 18.0 Å². The van der Waals surface area contributed by atoms with Crippen molar-refractivity contribution in [3.63, 3.8) is 0 Å². The minimum Gasteiger partial charge on any atom is -0.313 e. The summed E-state index contributed by atoms with van der Waals surface area (Å²) in [6.07, 6.45) is 0.850. The van der Waals surface area contributed by atoms with Gasteiger partial charge in [0.25, 0.3) is 15.6 Å². The minimum atomic E-state index is -4.05. The topological polar surface area (TPSA) is 112 Å². The van der Waals surface area contributed by atoms with Crippen molar-refractivity contribution >= 4 is 31.6 Å². The molecule has 0 amide bonds. The van der Waals surface area contributed by atoms with Gasteiger partial charge in [-0.25, -0.2) is 13.2 Å². The van der Waals surface area contributed by atoms with Crippen molar-refractivity contribution in [3.8, 4) is 0 Å². The number of nitrogens with one attached hydrogen (secondary N) is 3. The van der Waals surface area contributed by atoms with E-state index in [4.69, 9.17) is 0 Å². The zero-order chi connectivity index (χ0) is 14.0. The number of hydrogen-bond donors (Lipinski definition) is 3. The van der Waals surface area contributed by atoms with E-state index < -0.39 is 26.2 Å². The van der Waals surface area contributed by atoms with Crippen LogP contribution in [0.4, 0.5) is 5.69 Å². The van der Waals surface area contributed by atoms with Crippen LogP contribution in [0, 0.1) is 0 Å². The highest BCUT2D eigenvalue weighted by Gasteiger charge is 2.18. The number of hydrogen-bond acceptors (Lipinski definition) is 4. The Kier molecular flexibility index (Phi) is 3.58. The molecule has 0 aliphatic carbocycles. The normalized spacial score (nSPS) is 11.2. The van der Waals surface area contributed by atoms with Crippen LogP contribution in [0.25, 0.3) is 0 Å². The third-order valence-electron chi connectivity index (χ3n) is 2.17. The molecule has 9 heteroatoms. The summed E-state index contributed by atoms with van der Waals surface area (Å²) in [5.41, 5.74) is -1.45. The number of aromatic amines is 2. The monoisotopic (exact) mass is 345 g/mol. The fourth-order valence-corrected chi connectivity index (χ4v) is 2.65. The Hall–Kier alpha value is -1.87. The minimum absolute atomic E-state index is 0.300. The molecule has 3 N–H and O–H groups in total. The van der Waals surface area contributed by atoms with Gasteiger partial charge in [-0.3, -0.25) is 14.5 Å². The van der Waals surface area contributed by atoms with E-state index in [1.807, 2.05) is 4.98 Å². The molecule has 19 heavy (non-hydrogen) atoms. The largest absolute Gasteiger partial charge is 0.325 e. The lowest BCUT2D eigenvalue weighted by molar-refractivity contribution is 0.599. The Balaban J connectivity index is 2.40. The SMILES string of the molecule is O=c1[nH]cc(S(=O)(=O)Nc2ccc(Br)cc2)c(=O)[nH]1. The van der Waals surface area contributed by atoms with Crippen LogP contribution in [0.1, 0.15) is 0 Å². The summed E-state index contributed by atoms with van der Waals surface area (Å²) in [4.78, 5) is 25.7. The number of rotatable bonds is 3. The van der Waals surface area contributed by atoms with Gasteiger partial charge in [-0.15, -0.1) is 0 Å². The summed E-state index contributed by atoms with van der Waals surface area (Å²) in [5, 5.41) is 0. The van der Waals surface area contributed by atoms with Crippen LogP contribution in [-0.2, 0) is 10.0 Å². The van der Waals surface area contributed by atoms with E-state index in [1.165, 1.54) is 12.1 Å². The average molecular weight is 346 g/mol. The predicted octanol–water partition coefficient (Wildman–Crippen LogP) is 0.626. The van der Waals surface area contributed by atoms with Gasteiger partial charge in [0.1, 0.15) is 0 Å². The molecule has 0 unspecified atom stereocenters. The van der Waals surface area contributed by atoms with Gasteiger partial charge in [0.2, 0.25) is 0 Å². The summed E-state index contributed by atoms with van der Waals surface area (Å²) >= 11 is 3.22.